The molecule has 2 aromatic heterocycles. The number of thiazole rings is 1. The molecule has 2 aromatic rings. The number of nitrogens with zero attached hydrogens (tertiary/aromatic N) is 1. The number of aromatic nitrogens is 1. The third kappa shape index (κ3) is 3.19. The number of hydrogen-bond donors (Lipinski definition) is 1. The Morgan fingerprint density at radius 3 is 2.60 bits per heavy atom. The molecular weight excluding hydrogens is 292 g/mol. The summed E-state index contributed by atoms with van der Waals surface area (Å²) >= 11 is 2.85. The van der Waals surface area contributed by atoms with Gasteiger partial charge in [0.1, 0.15) is 6.54 Å². The SMILES string of the molecule is Cc1cc([C@@H](C)NC(=O)Cn2c(C)csc2=O)c(C)s1. The topological polar surface area (TPSA) is 51.1 Å². The first-order valence-corrected chi connectivity index (χ1v) is 8.09. The van der Waals surface area contributed by atoms with E-state index in [2.05, 4.69) is 25.2 Å². The van der Waals surface area contributed by atoms with Crippen LogP contribution in [0.5, 0.6) is 0 Å². The maximum absolute atomic E-state index is 12.1. The van der Waals surface area contributed by atoms with Crippen LogP contribution in [-0.4, -0.2) is 10.5 Å². The molecule has 0 fully saturated rings. The summed E-state index contributed by atoms with van der Waals surface area (Å²) in [6.45, 7) is 8.00. The van der Waals surface area contributed by atoms with Gasteiger partial charge in [-0.15, -0.1) is 11.3 Å². The molecular formula is C14H18N2O2S2. The molecule has 20 heavy (non-hydrogen) atoms. The van der Waals surface area contributed by atoms with Gasteiger partial charge in [0.05, 0.1) is 6.04 Å². The van der Waals surface area contributed by atoms with Crippen molar-refractivity contribution in [2.75, 3.05) is 0 Å². The first kappa shape index (κ1) is 15.0. The van der Waals surface area contributed by atoms with Gasteiger partial charge in [-0.2, -0.15) is 0 Å². The van der Waals surface area contributed by atoms with Crippen LogP contribution < -0.4 is 10.2 Å². The second-order valence-corrected chi connectivity index (χ2v) is 7.17. The third-order valence-electron chi connectivity index (χ3n) is 3.20. The minimum atomic E-state index is -0.135. The summed E-state index contributed by atoms with van der Waals surface area (Å²) in [7, 11) is 0. The maximum Gasteiger partial charge on any atom is 0.307 e. The molecule has 0 unspecified atom stereocenters. The fraction of sp³-hybridized carbons (Fsp3) is 0.429. The van der Waals surface area contributed by atoms with Gasteiger partial charge in [-0.25, -0.2) is 0 Å². The van der Waals surface area contributed by atoms with Crippen LogP contribution in [0.4, 0.5) is 0 Å². The molecule has 0 aliphatic heterocycles. The van der Waals surface area contributed by atoms with Gasteiger partial charge < -0.3 is 5.32 Å². The van der Waals surface area contributed by atoms with Crippen molar-refractivity contribution in [3.05, 3.63) is 42.1 Å². The summed E-state index contributed by atoms with van der Waals surface area (Å²) in [5, 5.41) is 4.72. The average Bonchev–Trinajstić information content (AvgIpc) is 2.85. The van der Waals surface area contributed by atoms with Crippen molar-refractivity contribution >= 4 is 28.6 Å². The monoisotopic (exact) mass is 310 g/mol. The van der Waals surface area contributed by atoms with E-state index in [4.69, 9.17) is 0 Å². The second kappa shape index (κ2) is 5.93. The number of thiophene rings is 1. The molecule has 4 nitrogen and oxygen atoms in total. The fourth-order valence-electron chi connectivity index (χ4n) is 2.19. The Labute approximate surface area is 126 Å². The minimum absolute atomic E-state index is 0.0397. The van der Waals surface area contributed by atoms with Crippen LogP contribution in [0.25, 0.3) is 0 Å². The van der Waals surface area contributed by atoms with Gasteiger partial charge in [0, 0.05) is 20.8 Å². The van der Waals surface area contributed by atoms with Gasteiger partial charge in [0.25, 0.3) is 0 Å². The molecule has 0 aliphatic carbocycles. The lowest BCUT2D eigenvalue weighted by Crippen LogP contribution is -2.32. The Hall–Kier alpha value is -1.40. The van der Waals surface area contributed by atoms with E-state index in [-0.39, 0.29) is 23.4 Å². The number of rotatable bonds is 4. The minimum Gasteiger partial charge on any atom is -0.348 e. The van der Waals surface area contributed by atoms with Crippen molar-refractivity contribution in [3.63, 3.8) is 0 Å². The number of carbonyl (C=O) groups is 1. The highest BCUT2D eigenvalue weighted by Crippen LogP contribution is 2.26. The predicted molar refractivity (Wildman–Crippen MR) is 83.7 cm³/mol. The summed E-state index contributed by atoms with van der Waals surface area (Å²) in [6, 6.07) is 2.06. The van der Waals surface area contributed by atoms with Crippen molar-refractivity contribution in [3.8, 4) is 0 Å². The molecule has 0 aliphatic rings. The molecule has 0 bridgehead atoms. The molecule has 0 radical (unpaired) electrons. The second-order valence-electron chi connectivity index (χ2n) is 4.89. The Kier molecular flexibility index (Phi) is 4.45. The van der Waals surface area contributed by atoms with Crippen molar-refractivity contribution in [2.45, 2.75) is 40.3 Å². The summed E-state index contributed by atoms with van der Waals surface area (Å²) in [4.78, 5) is 26.0. The highest BCUT2D eigenvalue weighted by Gasteiger charge is 2.15. The van der Waals surface area contributed by atoms with Gasteiger partial charge in [-0.05, 0) is 39.3 Å². The first-order chi connectivity index (χ1) is 9.38. The third-order valence-corrected chi connectivity index (χ3v) is 5.06. The molecule has 0 spiro atoms. The quantitative estimate of drug-likeness (QED) is 0.944. The number of nitrogens with one attached hydrogen (secondary N) is 1. The van der Waals surface area contributed by atoms with E-state index in [1.165, 1.54) is 14.3 Å². The number of aryl methyl sites for hydroxylation is 3. The molecule has 0 aromatic carbocycles. The molecule has 0 saturated carbocycles. The standard InChI is InChI=1S/C14H18N2O2S2/c1-8-7-19-14(18)16(8)6-13(17)15-10(3)12-5-9(2)20-11(12)4/h5,7,10H,6H2,1-4H3,(H,15,17)/t10-/m1/s1. The highest BCUT2D eigenvalue weighted by atomic mass is 32.1. The lowest BCUT2D eigenvalue weighted by molar-refractivity contribution is -0.122. The van der Waals surface area contributed by atoms with Crippen LogP contribution in [0, 0.1) is 20.8 Å². The molecule has 108 valence electrons. The van der Waals surface area contributed by atoms with Crippen LogP contribution >= 0.6 is 22.7 Å². The number of carbonyl (C=O) groups excluding carboxylic acids is 1. The van der Waals surface area contributed by atoms with E-state index in [0.717, 1.165) is 22.6 Å². The van der Waals surface area contributed by atoms with Crippen LogP contribution in [0.2, 0.25) is 0 Å². The Bertz CT molecular complexity index is 682. The fourth-order valence-corrected chi connectivity index (χ4v) is 3.94. The number of amides is 1. The zero-order chi connectivity index (χ0) is 14.9. The zero-order valence-corrected chi connectivity index (χ0v) is 13.7. The summed E-state index contributed by atoms with van der Waals surface area (Å²) in [6.07, 6.45) is 0. The molecule has 1 N–H and O–H groups in total. The van der Waals surface area contributed by atoms with E-state index < -0.39 is 0 Å². The smallest absolute Gasteiger partial charge is 0.307 e. The summed E-state index contributed by atoms with van der Waals surface area (Å²) < 4.78 is 1.50. The van der Waals surface area contributed by atoms with E-state index in [1.54, 1.807) is 16.7 Å². The first-order valence-electron chi connectivity index (χ1n) is 6.39. The highest BCUT2D eigenvalue weighted by molar-refractivity contribution is 7.12. The molecule has 1 amide bonds. The van der Waals surface area contributed by atoms with E-state index in [0.29, 0.717) is 0 Å². The van der Waals surface area contributed by atoms with Crippen LogP contribution in [0.15, 0.2) is 16.2 Å². The molecule has 2 heterocycles. The van der Waals surface area contributed by atoms with Crippen molar-refractivity contribution in [2.24, 2.45) is 0 Å². The molecule has 6 heteroatoms. The lowest BCUT2D eigenvalue weighted by Gasteiger charge is -2.14. The van der Waals surface area contributed by atoms with Gasteiger partial charge in [-0.3, -0.25) is 14.2 Å². The predicted octanol–water partition coefficient (Wildman–Crippen LogP) is 2.77. The maximum atomic E-state index is 12.1. The van der Waals surface area contributed by atoms with Gasteiger partial charge in [0.15, 0.2) is 0 Å². The average molecular weight is 310 g/mol. The van der Waals surface area contributed by atoms with Gasteiger partial charge in [0.2, 0.25) is 5.91 Å². The van der Waals surface area contributed by atoms with Crippen LogP contribution in [0.3, 0.4) is 0 Å². The van der Waals surface area contributed by atoms with Crippen molar-refractivity contribution in [1.29, 1.82) is 0 Å². The lowest BCUT2D eigenvalue weighted by atomic mass is 10.1. The molecule has 1 atom stereocenters. The van der Waals surface area contributed by atoms with E-state index >= 15 is 0 Å². The molecule has 2 rings (SSSR count). The Morgan fingerprint density at radius 2 is 2.10 bits per heavy atom. The molecule has 0 saturated heterocycles. The summed E-state index contributed by atoms with van der Waals surface area (Å²) in [5.74, 6) is -0.135. The largest absolute Gasteiger partial charge is 0.348 e. The van der Waals surface area contributed by atoms with E-state index in [1.807, 2.05) is 13.8 Å². The summed E-state index contributed by atoms with van der Waals surface area (Å²) in [5.41, 5.74) is 1.97. The van der Waals surface area contributed by atoms with Gasteiger partial charge >= 0.3 is 4.87 Å². The van der Waals surface area contributed by atoms with Crippen molar-refractivity contribution in [1.82, 2.24) is 9.88 Å². The van der Waals surface area contributed by atoms with Gasteiger partial charge in [-0.1, -0.05) is 11.3 Å². The van der Waals surface area contributed by atoms with Crippen LogP contribution in [0.1, 0.15) is 34.0 Å². The van der Waals surface area contributed by atoms with E-state index in [9.17, 15) is 9.59 Å². The number of hydrogen-bond acceptors (Lipinski definition) is 4. The normalized spacial score (nSPS) is 12.4. The van der Waals surface area contributed by atoms with Crippen LogP contribution in [-0.2, 0) is 11.3 Å². The van der Waals surface area contributed by atoms with Crippen molar-refractivity contribution < 1.29 is 4.79 Å². The Balaban J connectivity index is 2.05. The zero-order valence-electron chi connectivity index (χ0n) is 12.0. The Morgan fingerprint density at radius 1 is 1.40 bits per heavy atom.